The minimum absolute atomic E-state index is 0.0853. The summed E-state index contributed by atoms with van der Waals surface area (Å²) in [5.41, 5.74) is 0.171. The van der Waals surface area contributed by atoms with Crippen molar-refractivity contribution in [3.63, 3.8) is 0 Å². The molecule has 0 fully saturated rings. The first-order valence-electron chi connectivity index (χ1n) is 7.62. The highest BCUT2D eigenvalue weighted by atomic mass is 16.6. The number of carbonyl (C=O) groups excluding carboxylic acids is 3. The van der Waals surface area contributed by atoms with Gasteiger partial charge in [0.15, 0.2) is 0 Å². The predicted molar refractivity (Wildman–Crippen MR) is 86.2 cm³/mol. The van der Waals surface area contributed by atoms with E-state index in [1.165, 1.54) is 13.8 Å². The van der Waals surface area contributed by atoms with Crippen molar-refractivity contribution in [1.82, 2.24) is 4.90 Å². The second kappa shape index (κ2) is 9.92. The lowest BCUT2D eigenvalue weighted by Gasteiger charge is -2.21. The zero-order valence-corrected chi connectivity index (χ0v) is 14.1. The predicted octanol–water partition coefficient (Wildman–Crippen LogP) is 3.99. The van der Waals surface area contributed by atoms with Gasteiger partial charge in [0.1, 0.15) is 6.10 Å². The number of hydrogen-bond acceptors (Lipinski definition) is 4. The van der Waals surface area contributed by atoms with Crippen LogP contribution in [0.15, 0.2) is 24.3 Å². The third kappa shape index (κ3) is 6.70. The molecule has 0 aliphatic carbocycles. The van der Waals surface area contributed by atoms with E-state index in [2.05, 4.69) is 20.1 Å². The number of rotatable bonds is 8. The lowest BCUT2D eigenvalue weighted by molar-refractivity contribution is -0.138. The van der Waals surface area contributed by atoms with Gasteiger partial charge in [0.25, 0.3) is 11.8 Å². The van der Waals surface area contributed by atoms with Crippen molar-refractivity contribution in [1.29, 1.82) is 0 Å². The summed E-state index contributed by atoms with van der Waals surface area (Å²) in [5, 5.41) is 0. The average molecular weight is 309 g/mol. The molecule has 0 N–H and O–H groups in total. The van der Waals surface area contributed by atoms with Crippen LogP contribution in [0.3, 0.4) is 0 Å². The van der Waals surface area contributed by atoms with Crippen LogP contribution >= 0.6 is 0 Å². The summed E-state index contributed by atoms with van der Waals surface area (Å²) in [5.74, 6) is -1.53. The number of carbonyl (C=O) groups is 3. The maximum Gasteiger partial charge on any atom is 0.424 e. The van der Waals surface area contributed by atoms with Crippen molar-refractivity contribution in [2.75, 3.05) is 0 Å². The van der Waals surface area contributed by atoms with Gasteiger partial charge in [-0.3, -0.25) is 9.59 Å². The summed E-state index contributed by atoms with van der Waals surface area (Å²) in [7, 11) is 0. The summed E-state index contributed by atoms with van der Waals surface area (Å²) in [6, 6.07) is 0. The topological polar surface area (TPSA) is 63.7 Å². The van der Waals surface area contributed by atoms with E-state index in [9.17, 15) is 14.4 Å². The Morgan fingerprint density at radius 1 is 1.00 bits per heavy atom. The van der Waals surface area contributed by atoms with Gasteiger partial charge in [-0.25, -0.2) is 4.79 Å². The Kier molecular flexibility index (Phi) is 9.06. The average Bonchev–Trinajstić information content (AvgIpc) is 2.43. The van der Waals surface area contributed by atoms with Gasteiger partial charge in [-0.1, -0.05) is 39.3 Å². The normalized spacial score (nSPS) is 11.5. The molecule has 0 saturated carbocycles. The molecular formula is C17H27NO4. The maximum absolute atomic E-state index is 12.1. The van der Waals surface area contributed by atoms with E-state index in [1.54, 1.807) is 6.92 Å². The zero-order chi connectivity index (χ0) is 17.3. The molecule has 124 valence electrons. The van der Waals surface area contributed by atoms with Crippen molar-refractivity contribution >= 4 is 17.9 Å². The molecule has 0 saturated heterocycles. The number of unbranched alkanes of at least 4 members (excludes halogenated alkanes) is 3. The fourth-order valence-electron chi connectivity index (χ4n) is 1.78. The smallest absolute Gasteiger partial charge is 0.424 e. The molecular weight excluding hydrogens is 282 g/mol. The van der Waals surface area contributed by atoms with Crippen LogP contribution in [-0.4, -0.2) is 28.9 Å². The first-order chi connectivity index (χ1) is 10.2. The number of nitrogens with zero attached hydrogens (tertiary/aromatic N) is 1. The molecule has 0 bridgehead atoms. The SMILES string of the molecule is C=C(C)C(=O)N(C(=O)OC(C)CCCCCC)C(=O)C(=C)C. The molecule has 5 heteroatoms. The Hall–Kier alpha value is -1.91. The molecule has 0 heterocycles. The van der Waals surface area contributed by atoms with Gasteiger partial charge < -0.3 is 4.74 Å². The Bertz CT molecular complexity index is 428. The molecule has 0 radical (unpaired) electrons. The largest absolute Gasteiger partial charge is 0.446 e. The highest BCUT2D eigenvalue weighted by Gasteiger charge is 2.31. The third-order valence-corrected chi connectivity index (χ3v) is 3.09. The summed E-state index contributed by atoms with van der Waals surface area (Å²) in [6.07, 6.45) is 3.63. The van der Waals surface area contributed by atoms with E-state index in [1.807, 2.05) is 0 Å². The van der Waals surface area contributed by atoms with Crippen LogP contribution < -0.4 is 0 Å². The second-order valence-corrected chi connectivity index (χ2v) is 5.55. The highest BCUT2D eigenvalue weighted by Crippen LogP contribution is 2.12. The minimum Gasteiger partial charge on any atom is -0.446 e. The number of imide groups is 3. The van der Waals surface area contributed by atoms with Gasteiger partial charge in [-0.05, 0) is 33.6 Å². The highest BCUT2D eigenvalue weighted by molar-refractivity contribution is 6.18. The van der Waals surface area contributed by atoms with E-state index < -0.39 is 17.9 Å². The fourth-order valence-corrected chi connectivity index (χ4v) is 1.78. The van der Waals surface area contributed by atoms with Crippen molar-refractivity contribution in [3.05, 3.63) is 24.3 Å². The van der Waals surface area contributed by atoms with Gasteiger partial charge in [0.05, 0.1) is 0 Å². The Labute approximate surface area is 133 Å². The monoisotopic (exact) mass is 309 g/mol. The standard InChI is InChI=1S/C17H27NO4/c1-7-8-9-10-11-14(6)22-17(21)18(15(19)12(2)3)16(20)13(4)5/h14H,2,4,7-11H2,1,3,5-6H3. The van der Waals surface area contributed by atoms with Gasteiger partial charge in [-0.2, -0.15) is 4.90 Å². The Balaban J connectivity index is 4.77. The molecule has 5 nitrogen and oxygen atoms in total. The summed E-state index contributed by atoms with van der Waals surface area (Å²) >= 11 is 0. The summed E-state index contributed by atoms with van der Waals surface area (Å²) < 4.78 is 5.20. The van der Waals surface area contributed by atoms with E-state index in [0.717, 1.165) is 25.7 Å². The molecule has 1 atom stereocenters. The lowest BCUT2D eigenvalue weighted by Crippen LogP contribution is -2.43. The molecule has 0 rings (SSSR count). The molecule has 0 aromatic heterocycles. The molecule has 0 aromatic rings. The van der Waals surface area contributed by atoms with Crippen molar-refractivity contribution < 1.29 is 19.1 Å². The van der Waals surface area contributed by atoms with Gasteiger partial charge in [0.2, 0.25) is 0 Å². The van der Waals surface area contributed by atoms with Crippen molar-refractivity contribution in [2.24, 2.45) is 0 Å². The molecule has 0 aliphatic heterocycles. The van der Waals surface area contributed by atoms with Crippen molar-refractivity contribution in [3.8, 4) is 0 Å². The quantitative estimate of drug-likeness (QED) is 0.502. The van der Waals surface area contributed by atoms with Crippen LogP contribution in [0.5, 0.6) is 0 Å². The fraction of sp³-hybridized carbons (Fsp3) is 0.588. The lowest BCUT2D eigenvalue weighted by atomic mass is 10.1. The van der Waals surface area contributed by atoms with E-state index >= 15 is 0 Å². The maximum atomic E-state index is 12.1. The molecule has 3 amide bonds. The van der Waals surface area contributed by atoms with Gasteiger partial charge >= 0.3 is 6.09 Å². The number of hydrogen-bond donors (Lipinski definition) is 0. The second-order valence-electron chi connectivity index (χ2n) is 5.55. The molecule has 1 unspecified atom stereocenters. The minimum atomic E-state index is -0.969. The Morgan fingerprint density at radius 2 is 1.50 bits per heavy atom. The third-order valence-electron chi connectivity index (χ3n) is 3.09. The summed E-state index contributed by atoms with van der Waals surface area (Å²) in [4.78, 5) is 36.5. The zero-order valence-electron chi connectivity index (χ0n) is 14.1. The molecule has 0 aromatic carbocycles. The van der Waals surface area contributed by atoms with Crippen LogP contribution in [0.25, 0.3) is 0 Å². The first kappa shape index (κ1) is 20.1. The van der Waals surface area contributed by atoms with Gasteiger partial charge in [-0.15, -0.1) is 0 Å². The van der Waals surface area contributed by atoms with Gasteiger partial charge in [0, 0.05) is 11.1 Å². The Morgan fingerprint density at radius 3 is 1.91 bits per heavy atom. The van der Waals surface area contributed by atoms with E-state index in [-0.39, 0.29) is 17.3 Å². The van der Waals surface area contributed by atoms with Crippen LogP contribution in [-0.2, 0) is 14.3 Å². The molecule has 0 aliphatic rings. The number of ether oxygens (including phenoxy) is 1. The summed E-state index contributed by atoms with van der Waals surface area (Å²) in [6.45, 7) is 13.7. The van der Waals surface area contributed by atoms with Crippen molar-refractivity contribution in [2.45, 2.75) is 65.9 Å². The number of amides is 3. The van der Waals surface area contributed by atoms with E-state index in [4.69, 9.17) is 4.74 Å². The molecule has 22 heavy (non-hydrogen) atoms. The first-order valence-corrected chi connectivity index (χ1v) is 7.62. The van der Waals surface area contributed by atoms with Crippen LogP contribution in [0.2, 0.25) is 0 Å². The van der Waals surface area contributed by atoms with Crippen LogP contribution in [0.1, 0.15) is 59.8 Å². The van der Waals surface area contributed by atoms with Crippen LogP contribution in [0, 0.1) is 0 Å². The van der Waals surface area contributed by atoms with Crippen LogP contribution in [0.4, 0.5) is 4.79 Å². The van der Waals surface area contributed by atoms with E-state index in [0.29, 0.717) is 11.3 Å². The molecule has 0 spiro atoms.